The third kappa shape index (κ3) is 7.47. The van der Waals surface area contributed by atoms with E-state index >= 15 is 0 Å². The van der Waals surface area contributed by atoms with Crippen LogP contribution < -0.4 is 0 Å². The number of fused-ring (bicyclic) bond motifs is 2. The number of carbonyl (C=O) groups excluding carboxylic acids is 4. The molecule has 4 aromatic carbocycles. The minimum Gasteiger partial charge on any atom is -0.390 e. The highest BCUT2D eigenvalue weighted by molar-refractivity contribution is 6.22. The average molecular weight is 701 g/mol. The van der Waals surface area contributed by atoms with E-state index in [1.165, 1.54) is 0 Å². The first-order chi connectivity index (χ1) is 25.3. The Hall–Kier alpha value is -5.00. The molecule has 0 aromatic heterocycles. The van der Waals surface area contributed by atoms with Crippen LogP contribution in [0, 0.1) is 0 Å². The zero-order valence-corrected chi connectivity index (χ0v) is 29.1. The van der Waals surface area contributed by atoms with E-state index < -0.39 is 35.8 Å². The summed E-state index contributed by atoms with van der Waals surface area (Å²) in [6.07, 6.45) is 1.65. The maximum atomic E-state index is 13.2. The lowest BCUT2D eigenvalue weighted by Gasteiger charge is -2.46. The standard InChI is InChI=1S/C42H44N4O6/c47-31(27-45-39(49)33-17-7-8-18-34(33)40(45)50)25-43(23-29-13-3-1-4-14-29)37-21-11-12-22-38(37)44(24-30-15-5-2-6-16-30)26-32(48)28-46-41(51)35-19-9-10-20-36(35)42(46)52/h1-10,13-20,31-32,37-38,47-48H,11-12,21-28H2/t31-,32-,37+,38+/m0/s1. The molecule has 2 heterocycles. The van der Waals surface area contributed by atoms with Gasteiger partial charge in [-0.3, -0.25) is 38.8 Å². The smallest absolute Gasteiger partial charge is 0.261 e. The SMILES string of the molecule is O=C1c2ccccc2C(=O)N1C[C@@H](O)CN(Cc1ccccc1)[C@@H]1CCCC[C@H]1N(Cc1ccccc1)C[C@H](O)CN1C(=O)c2ccccc2C1=O. The lowest BCUT2D eigenvalue weighted by Crippen LogP contribution is -2.57. The van der Waals surface area contributed by atoms with Crippen molar-refractivity contribution < 1.29 is 29.4 Å². The molecule has 52 heavy (non-hydrogen) atoms. The fourth-order valence-corrected chi connectivity index (χ4v) is 8.10. The van der Waals surface area contributed by atoms with Crippen molar-refractivity contribution in [1.82, 2.24) is 19.6 Å². The molecule has 0 bridgehead atoms. The van der Waals surface area contributed by atoms with Gasteiger partial charge < -0.3 is 10.2 Å². The third-order valence-corrected chi connectivity index (χ3v) is 10.5. The molecule has 7 rings (SSSR count). The summed E-state index contributed by atoms with van der Waals surface area (Å²) in [6, 6.07) is 33.5. The monoisotopic (exact) mass is 700 g/mol. The molecule has 4 aromatic rings. The van der Waals surface area contributed by atoms with Gasteiger partial charge in [0.1, 0.15) is 0 Å². The van der Waals surface area contributed by atoms with Crippen molar-refractivity contribution in [3.05, 3.63) is 143 Å². The lowest BCUT2D eigenvalue weighted by atomic mass is 9.86. The van der Waals surface area contributed by atoms with Gasteiger partial charge in [-0.1, -0.05) is 97.8 Å². The number of rotatable bonds is 14. The van der Waals surface area contributed by atoms with Crippen LogP contribution in [0.1, 0.15) is 78.2 Å². The molecule has 2 aliphatic heterocycles. The van der Waals surface area contributed by atoms with Gasteiger partial charge in [-0.25, -0.2) is 0 Å². The molecule has 0 radical (unpaired) electrons. The lowest BCUT2D eigenvalue weighted by molar-refractivity contribution is -0.0119. The van der Waals surface area contributed by atoms with Gasteiger partial charge >= 0.3 is 0 Å². The van der Waals surface area contributed by atoms with Crippen molar-refractivity contribution in [3.63, 3.8) is 0 Å². The maximum Gasteiger partial charge on any atom is 0.261 e. The van der Waals surface area contributed by atoms with E-state index in [4.69, 9.17) is 0 Å². The summed E-state index contributed by atoms with van der Waals surface area (Å²) in [5.74, 6) is -1.59. The molecule has 10 heteroatoms. The molecule has 268 valence electrons. The molecule has 1 aliphatic carbocycles. The van der Waals surface area contributed by atoms with E-state index in [0.29, 0.717) is 35.3 Å². The van der Waals surface area contributed by atoms with E-state index in [2.05, 4.69) is 34.1 Å². The Labute approximate surface area is 303 Å². The normalized spacial score (nSPS) is 19.8. The van der Waals surface area contributed by atoms with Crippen LogP contribution in [0.4, 0.5) is 0 Å². The average Bonchev–Trinajstić information content (AvgIpc) is 3.55. The molecule has 4 atom stereocenters. The predicted octanol–water partition coefficient (Wildman–Crippen LogP) is 4.62. The van der Waals surface area contributed by atoms with Crippen LogP contribution in [0.15, 0.2) is 109 Å². The number of β-amino-alcohol motifs (C(OH)–C–C–N with tert-alkyl or cyclic N) is 2. The van der Waals surface area contributed by atoms with Gasteiger partial charge in [0, 0.05) is 38.3 Å². The molecule has 0 unspecified atom stereocenters. The first-order valence-electron chi connectivity index (χ1n) is 18.1. The quantitative estimate of drug-likeness (QED) is 0.183. The van der Waals surface area contributed by atoms with Crippen LogP contribution >= 0.6 is 0 Å². The number of carbonyl (C=O) groups is 4. The highest BCUT2D eigenvalue weighted by atomic mass is 16.3. The number of aliphatic hydroxyl groups excluding tert-OH is 2. The minimum absolute atomic E-state index is 0.0407. The van der Waals surface area contributed by atoms with Crippen molar-refractivity contribution in [3.8, 4) is 0 Å². The predicted molar refractivity (Wildman–Crippen MR) is 195 cm³/mol. The molecular formula is C42H44N4O6. The second-order valence-electron chi connectivity index (χ2n) is 14.1. The van der Waals surface area contributed by atoms with Gasteiger partial charge in [0.25, 0.3) is 23.6 Å². The number of aliphatic hydroxyl groups is 2. The Balaban J connectivity index is 1.13. The van der Waals surface area contributed by atoms with E-state index in [1.54, 1.807) is 48.5 Å². The number of hydrogen-bond donors (Lipinski definition) is 2. The number of benzene rings is 4. The fourth-order valence-electron chi connectivity index (χ4n) is 8.10. The van der Waals surface area contributed by atoms with Crippen LogP contribution in [-0.4, -0.2) is 104 Å². The largest absolute Gasteiger partial charge is 0.390 e. The van der Waals surface area contributed by atoms with Crippen LogP contribution in [-0.2, 0) is 13.1 Å². The maximum absolute atomic E-state index is 13.2. The Morgan fingerprint density at radius 1 is 0.500 bits per heavy atom. The van der Waals surface area contributed by atoms with Crippen LogP contribution in [0.25, 0.3) is 0 Å². The van der Waals surface area contributed by atoms with E-state index in [0.717, 1.165) is 46.6 Å². The molecule has 2 N–H and O–H groups in total. The van der Waals surface area contributed by atoms with Crippen molar-refractivity contribution in [2.24, 2.45) is 0 Å². The van der Waals surface area contributed by atoms with Gasteiger partial charge in [-0.15, -0.1) is 0 Å². The Morgan fingerprint density at radius 2 is 0.808 bits per heavy atom. The molecule has 3 aliphatic rings. The minimum atomic E-state index is -1.00. The summed E-state index contributed by atoms with van der Waals surface area (Å²) in [5.41, 5.74) is 3.54. The van der Waals surface area contributed by atoms with E-state index in [-0.39, 0.29) is 38.3 Å². The van der Waals surface area contributed by atoms with Crippen LogP contribution in [0.2, 0.25) is 0 Å². The molecule has 4 amide bonds. The Morgan fingerprint density at radius 3 is 1.13 bits per heavy atom. The Bertz CT molecular complexity index is 1710. The summed E-state index contributed by atoms with van der Waals surface area (Å²) in [5, 5.41) is 23.2. The van der Waals surface area contributed by atoms with Gasteiger partial charge in [0.05, 0.1) is 47.6 Å². The summed E-state index contributed by atoms with van der Waals surface area (Å²) < 4.78 is 0. The first kappa shape index (κ1) is 35.4. The number of nitrogens with zero attached hydrogens (tertiary/aromatic N) is 4. The summed E-state index contributed by atoms with van der Waals surface area (Å²) in [7, 11) is 0. The van der Waals surface area contributed by atoms with Crippen molar-refractivity contribution in [2.75, 3.05) is 26.2 Å². The molecule has 0 spiro atoms. The second-order valence-corrected chi connectivity index (χ2v) is 14.1. The second kappa shape index (κ2) is 15.7. The summed E-state index contributed by atoms with van der Waals surface area (Å²) >= 11 is 0. The van der Waals surface area contributed by atoms with Crippen LogP contribution in [0.5, 0.6) is 0 Å². The van der Waals surface area contributed by atoms with E-state index in [9.17, 15) is 29.4 Å². The van der Waals surface area contributed by atoms with E-state index in [1.807, 2.05) is 36.4 Å². The summed E-state index contributed by atoms with van der Waals surface area (Å²) in [6.45, 7) is 1.28. The van der Waals surface area contributed by atoms with Crippen molar-refractivity contribution >= 4 is 23.6 Å². The van der Waals surface area contributed by atoms with Gasteiger partial charge in [0.15, 0.2) is 0 Å². The number of hydrogen-bond acceptors (Lipinski definition) is 8. The van der Waals surface area contributed by atoms with Crippen molar-refractivity contribution in [2.45, 2.75) is 63.1 Å². The van der Waals surface area contributed by atoms with Crippen molar-refractivity contribution in [1.29, 1.82) is 0 Å². The highest BCUT2D eigenvalue weighted by Gasteiger charge is 2.40. The molecular weight excluding hydrogens is 656 g/mol. The number of imide groups is 2. The topological polar surface area (TPSA) is 122 Å². The zero-order valence-electron chi connectivity index (χ0n) is 29.1. The molecule has 0 saturated heterocycles. The molecule has 1 fully saturated rings. The third-order valence-electron chi connectivity index (χ3n) is 10.5. The molecule has 10 nitrogen and oxygen atoms in total. The number of amides is 4. The van der Waals surface area contributed by atoms with Gasteiger partial charge in [-0.05, 0) is 48.2 Å². The van der Waals surface area contributed by atoms with Gasteiger partial charge in [0.2, 0.25) is 0 Å². The Kier molecular flexibility index (Phi) is 10.7. The van der Waals surface area contributed by atoms with Crippen LogP contribution in [0.3, 0.4) is 0 Å². The first-order valence-corrected chi connectivity index (χ1v) is 18.1. The molecule has 1 saturated carbocycles. The summed E-state index contributed by atoms with van der Waals surface area (Å²) in [4.78, 5) is 59.5. The zero-order chi connectivity index (χ0) is 36.2. The fraction of sp³-hybridized carbons (Fsp3) is 0.333. The highest BCUT2D eigenvalue weighted by Crippen LogP contribution is 2.31. The van der Waals surface area contributed by atoms with Gasteiger partial charge in [-0.2, -0.15) is 0 Å².